The molecule has 0 atom stereocenters. The normalized spacial score (nSPS) is 11.3. The number of nitrogens with zero attached hydrogens (tertiary/aromatic N) is 2. The van der Waals surface area contributed by atoms with Gasteiger partial charge in [0.15, 0.2) is 6.29 Å². The minimum absolute atomic E-state index is 0.277. The highest BCUT2D eigenvalue weighted by Crippen LogP contribution is 2.41. The van der Waals surface area contributed by atoms with Crippen molar-refractivity contribution in [1.29, 1.82) is 0 Å². The Labute approximate surface area is 345 Å². The van der Waals surface area contributed by atoms with E-state index in [0.717, 1.165) is 67.2 Å². The molecule has 8 aromatic carbocycles. The van der Waals surface area contributed by atoms with Crippen LogP contribution in [0, 0.1) is 27.7 Å². The van der Waals surface area contributed by atoms with Crippen LogP contribution in [0.4, 0.5) is 5.69 Å². The summed E-state index contributed by atoms with van der Waals surface area (Å²) in [5, 5.41) is 2.13. The van der Waals surface area contributed by atoms with Gasteiger partial charge in [0.25, 0.3) is 5.91 Å². The maximum atomic E-state index is 15.2. The number of hydrogen-bond acceptors (Lipinski definition) is 2. The number of aldehydes is 1. The Balaban J connectivity index is 1.25. The van der Waals surface area contributed by atoms with Crippen molar-refractivity contribution in [1.82, 2.24) is 4.57 Å². The van der Waals surface area contributed by atoms with Crippen molar-refractivity contribution in [2.45, 2.75) is 27.7 Å². The third-order valence-electron chi connectivity index (χ3n) is 11.7. The molecule has 0 saturated heterocycles. The molecule has 0 fully saturated rings. The highest BCUT2D eigenvalue weighted by Gasteiger charge is 2.26. The fraction of sp³-hybridized carbons (Fsp3) is 0.0909. The molecule has 0 saturated carbocycles. The maximum absolute atomic E-state index is 15.2. The average Bonchev–Trinajstić information content (AvgIpc) is 3.58. The van der Waals surface area contributed by atoms with Gasteiger partial charge in [-0.3, -0.25) is 9.59 Å². The van der Waals surface area contributed by atoms with Gasteiger partial charge in [0.1, 0.15) is 0 Å². The molecule has 0 aliphatic rings. The van der Waals surface area contributed by atoms with Crippen LogP contribution in [0.1, 0.15) is 43.0 Å². The van der Waals surface area contributed by atoms with E-state index in [1.807, 2.05) is 54.6 Å². The summed E-state index contributed by atoms with van der Waals surface area (Å²) in [6, 6.07) is 58.5. The molecule has 0 aliphatic carbocycles. The van der Waals surface area contributed by atoms with E-state index in [2.05, 4.69) is 141 Å². The van der Waals surface area contributed by atoms with Crippen molar-refractivity contribution in [3.63, 3.8) is 0 Å². The molecule has 0 aliphatic heterocycles. The van der Waals surface area contributed by atoms with Gasteiger partial charge in [0, 0.05) is 28.9 Å². The van der Waals surface area contributed by atoms with Gasteiger partial charge in [0.2, 0.25) is 0 Å². The van der Waals surface area contributed by atoms with Crippen LogP contribution >= 0.6 is 0 Å². The first kappa shape index (κ1) is 37.3. The summed E-state index contributed by atoms with van der Waals surface area (Å²) in [7, 11) is 1.80. The van der Waals surface area contributed by atoms with Crippen molar-refractivity contribution in [2.24, 2.45) is 0 Å². The molecular formula is C55H44N2O2. The SMILES string of the molecule is Cc1ccc(-c2ccc3c(c2)c2cc(-c4ccc(C)cc4C)ccc2n3-c2cccc(C=O)c2C(=O)N(C)c2ccc(-c3ccccc3)cc2-c2ccccc2)c(C)c1. The van der Waals surface area contributed by atoms with Gasteiger partial charge in [-0.15, -0.1) is 0 Å². The Morgan fingerprint density at radius 1 is 0.492 bits per heavy atom. The summed E-state index contributed by atoms with van der Waals surface area (Å²) in [5.41, 5.74) is 17.5. The second-order valence-corrected chi connectivity index (χ2v) is 15.6. The van der Waals surface area contributed by atoms with E-state index in [-0.39, 0.29) is 5.91 Å². The minimum atomic E-state index is -0.277. The average molecular weight is 765 g/mol. The fourth-order valence-electron chi connectivity index (χ4n) is 8.73. The largest absolute Gasteiger partial charge is 0.311 e. The number of hydrogen-bond donors (Lipinski definition) is 0. The summed E-state index contributed by atoms with van der Waals surface area (Å²) >= 11 is 0. The lowest BCUT2D eigenvalue weighted by atomic mass is 9.95. The molecule has 59 heavy (non-hydrogen) atoms. The van der Waals surface area contributed by atoms with Gasteiger partial charge >= 0.3 is 0 Å². The van der Waals surface area contributed by atoms with Crippen molar-refractivity contribution < 1.29 is 9.59 Å². The summed E-state index contributed by atoms with van der Waals surface area (Å²) in [4.78, 5) is 29.9. The molecular weight excluding hydrogens is 721 g/mol. The van der Waals surface area contributed by atoms with Gasteiger partial charge in [-0.05, 0) is 120 Å². The Kier molecular flexibility index (Phi) is 9.62. The molecule has 9 rings (SSSR count). The lowest BCUT2D eigenvalue weighted by molar-refractivity contribution is 0.0986. The van der Waals surface area contributed by atoms with Crippen molar-refractivity contribution >= 4 is 39.7 Å². The number of benzene rings is 8. The molecule has 1 heterocycles. The molecule has 0 bridgehead atoms. The zero-order valence-corrected chi connectivity index (χ0v) is 34.0. The minimum Gasteiger partial charge on any atom is -0.311 e. The summed E-state index contributed by atoms with van der Waals surface area (Å²) in [6.45, 7) is 8.56. The first-order chi connectivity index (χ1) is 28.7. The van der Waals surface area contributed by atoms with Gasteiger partial charge in [-0.2, -0.15) is 0 Å². The number of anilines is 1. The third-order valence-corrected chi connectivity index (χ3v) is 11.7. The van der Waals surface area contributed by atoms with E-state index in [1.165, 1.54) is 33.4 Å². The lowest BCUT2D eigenvalue weighted by Crippen LogP contribution is -2.29. The Morgan fingerprint density at radius 2 is 1.03 bits per heavy atom. The molecule has 1 aromatic heterocycles. The van der Waals surface area contributed by atoms with E-state index in [0.29, 0.717) is 16.8 Å². The van der Waals surface area contributed by atoms with Crippen LogP contribution < -0.4 is 4.90 Å². The molecule has 286 valence electrons. The van der Waals surface area contributed by atoms with E-state index in [1.54, 1.807) is 18.0 Å². The summed E-state index contributed by atoms with van der Waals surface area (Å²) in [6.07, 6.45) is 0.797. The summed E-state index contributed by atoms with van der Waals surface area (Å²) in [5.74, 6) is -0.277. The van der Waals surface area contributed by atoms with Crippen LogP contribution in [0.25, 0.3) is 72.0 Å². The molecule has 1 amide bonds. The molecule has 0 spiro atoms. The summed E-state index contributed by atoms with van der Waals surface area (Å²) < 4.78 is 2.16. The van der Waals surface area contributed by atoms with Gasteiger partial charge < -0.3 is 9.47 Å². The maximum Gasteiger partial charge on any atom is 0.260 e. The highest BCUT2D eigenvalue weighted by molar-refractivity contribution is 6.16. The van der Waals surface area contributed by atoms with E-state index < -0.39 is 0 Å². The number of aryl methyl sites for hydroxylation is 4. The Morgan fingerprint density at radius 3 is 1.58 bits per heavy atom. The lowest BCUT2D eigenvalue weighted by Gasteiger charge is -2.24. The first-order valence-electron chi connectivity index (χ1n) is 20.0. The molecule has 4 nitrogen and oxygen atoms in total. The number of fused-ring (bicyclic) bond motifs is 3. The second kappa shape index (κ2) is 15.2. The van der Waals surface area contributed by atoms with E-state index in [9.17, 15) is 4.79 Å². The molecule has 0 unspecified atom stereocenters. The monoisotopic (exact) mass is 764 g/mol. The predicted octanol–water partition coefficient (Wildman–Crippen LogP) is 13.8. The quantitative estimate of drug-likeness (QED) is 0.145. The Bertz CT molecular complexity index is 2980. The van der Waals surface area contributed by atoms with Gasteiger partial charge in [-0.1, -0.05) is 139 Å². The molecule has 9 aromatic rings. The fourth-order valence-corrected chi connectivity index (χ4v) is 8.73. The second-order valence-electron chi connectivity index (χ2n) is 15.6. The Hall–Kier alpha value is -7.30. The van der Waals surface area contributed by atoms with Crippen molar-refractivity contribution in [2.75, 3.05) is 11.9 Å². The van der Waals surface area contributed by atoms with Gasteiger partial charge in [-0.25, -0.2) is 0 Å². The third kappa shape index (κ3) is 6.73. The van der Waals surface area contributed by atoms with E-state index in [4.69, 9.17) is 0 Å². The molecule has 0 radical (unpaired) electrons. The molecule has 4 heteroatoms. The smallest absolute Gasteiger partial charge is 0.260 e. The molecule has 0 N–H and O–H groups in total. The van der Waals surface area contributed by atoms with Crippen LogP contribution in [-0.2, 0) is 0 Å². The number of carbonyl (C=O) groups is 2. The van der Waals surface area contributed by atoms with E-state index >= 15 is 4.79 Å². The number of aromatic nitrogens is 1. The zero-order chi connectivity index (χ0) is 40.8. The topological polar surface area (TPSA) is 42.3 Å². The van der Waals surface area contributed by atoms with Crippen LogP contribution in [0.3, 0.4) is 0 Å². The number of carbonyl (C=O) groups excluding carboxylic acids is 2. The van der Waals surface area contributed by atoms with Crippen molar-refractivity contribution in [3.05, 3.63) is 203 Å². The zero-order valence-electron chi connectivity index (χ0n) is 34.0. The predicted molar refractivity (Wildman–Crippen MR) is 246 cm³/mol. The van der Waals surface area contributed by atoms with Crippen LogP contribution in [0.5, 0.6) is 0 Å². The standard InChI is InChI=1S/C55H44N2O2/c1-35-19-24-45(37(3)29-35)42-22-27-51-48(32-42)49-33-43(46-25-20-36(2)30-38(46)4)23-28-52(49)57(51)53-18-12-17-44(34-58)54(53)55(59)56(5)50-26-21-41(39-13-8-6-9-14-39)31-47(50)40-15-10-7-11-16-40/h6-34H,1-5H3. The van der Waals surface area contributed by atoms with Crippen molar-refractivity contribution in [3.8, 4) is 50.2 Å². The highest BCUT2D eigenvalue weighted by atomic mass is 16.2. The van der Waals surface area contributed by atoms with Crippen LogP contribution in [-0.4, -0.2) is 23.8 Å². The van der Waals surface area contributed by atoms with Crippen LogP contribution in [0.15, 0.2) is 170 Å². The van der Waals surface area contributed by atoms with Gasteiger partial charge in [0.05, 0.1) is 28.0 Å². The first-order valence-corrected chi connectivity index (χ1v) is 20.0. The number of amides is 1. The van der Waals surface area contributed by atoms with Crippen LogP contribution in [0.2, 0.25) is 0 Å². The number of rotatable bonds is 8.